The molecule has 6 nitrogen and oxygen atoms in total. The Labute approximate surface area is 127 Å². The van der Waals surface area contributed by atoms with Gasteiger partial charge in [-0.1, -0.05) is 6.07 Å². The van der Waals surface area contributed by atoms with E-state index < -0.39 is 9.84 Å². The van der Waals surface area contributed by atoms with E-state index in [1.165, 1.54) is 0 Å². The van der Waals surface area contributed by atoms with E-state index in [1.807, 2.05) is 24.1 Å². The summed E-state index contributed by atoms with van der Waals surface area (Å²) >= 11 is 1.13. The van der Waals surface area contributed by atoms with Crippen LogP contribution in [0.15, 0.2) is 29.4 Å². The normalized spacial score (nSPS) is 15.1. The first kappa shape index (κ1) is 14.3. The summed E-state index contributed by atoms with van der Waals surface area (Å²) < 4.78 is 29.0. The number of pyridine rings is 1. The van der Waals surface area contributed by atoms with Gasteiger partial charge in [-0.25, -0.2) is 8.42 Å². The SMILES string of the molecule is CN(Cc1cccnc1)c1snc(N)c1S(=O)(=O)C1CC1. The zero-order valence-corrected chi connectivity index (χ0v) is 13.2. The molecular formula is C13H16N4O2S2. The Balaban J connectivity index is 1.92. The van der Waals surface area contributed by atoms with Crippen LogP contribution in [-0.2, 0) is 16.4 Å². The lowest BCUT2D eigenvalue weighted by molar-refractivity contribution is 0.595. The molecule has 0 bridgehead atoms. The first-order chi connectivity index (χ1) is 10.00. The molecule has 0 aliphatic heterocycles. The van der Waals surface area contributed by atoms with Gasteiger partial charge in [-0.15, -0.1) is 0 Å². The number of sulfone groups is 1. The highest BCUT2D eigenvalue weighted by Gasteiger charge is 2.41. The molecule has 0 unspecified atom stereocenters. The zero-order chi connectivity index (χ0) is 15.0. The Morgan fingerprint density at radius 1 is 1.48 bits per heavy atom. The van der Waals surface area contributed by atoms with Crippen LogP contribution >= 0.6 is 11.5 Å². The van der Waals surface area contributed by atoms with E-state index in [1.54, 1.807) is 12.4 Å². The van der Waals surface area contributed by atoms with Crippen molar-refractivity contribution in [1.29, 1.82) is 0 Å². The molecule has 1 saturated carbocycles. The quantitative estimate of drug-likeness (QED) is 0.900. The predicted molar refractivity (Wildman–Crippen MR) is 83.1 cm³/mol. The van der Waals surface area contributed by atoms with Crippen molar-refractivity contribution in [1.82, 2.24) is 9.36 Å². The maximum Gasteiger partial charge on any atom is 0.187 e. The van der Waals surface area contributed by atoms with Gasteiger partial charge in [0, 0.05) is 26.0 Å². The van der Waals surface area contributed by atoms with Crippen molar-refractivity contribution in [2.75, 3.05) is 17.7 Å². The van der Waals surface area contributed by atoms with Crippen LogP contribution < -0.4 is 10.6 Å². The molecule has 2 aromatic heterocycles. The maximum absolute atomic E-state index is 12.5. The molecule has 0 aromatic carbocycles. The molecule has 21 heavy (non-hydrogen) atoms. The summed E-state index contributed by atoms with van der Waals surface area (Å²) in [7, 11) is -1.52. The molecule has 2 heterocycles. The molecule has 2 N–H and O–H groups in total. The lowest BCUT2D eigenvalue weighted by atomic mass is 10.3. The average molecular weight is 324 g/mol. The Kier molecular flexibility index (Phi) is 3.58. The highest BCUT2D eigenvalue weighted by Crippen LogP contribution is 2.42. The second kappa shape index (κ2) is 5.27. The minimum atomic E-state index is -3.36. The van der Waals surface area contributed by atoms with Gasteiger partial charge in [0.2, 0.25) is 0 Å². The van der Waals surface area contributed by atoms with Gasteiger partial charge in [-0.2, -0.15) is 4.37 Å². The van der Waals surface area contributed by atoms with Crippen molar-refractivity contribution in [3.63, 3.8) is 0 Å². The summed E-state index contributed by atoms with van der Waals surface area (Å²) in [5.41, 5.74) is 6.81. The van der Waals surface area contributed by atoms with Crippen molar-refractivity contribution in [3.05, 3.63) is 30.1 Å². The third-order valence-electron chi connectivity index (χ3n) is 3.39. The fourth-order valence-corrected chi connectivity index (χ4v) is 5.19. The molecule has 1 aliphatic carbocycles. The number of rotatable bonds is 5. The van der Waals surface area contributed by atoms with Crippen LogP contribution in [0.4, 0.5) is 10.8 Å². The molecule has 0 radical (unpaired) electrons. The first-order valence-electron chi connectivity index (χ1n) is 6.59. The Morgan fingerprint density at radius 2 is 2.24 bits per heavy atom. The number of hydrogen-bond acceptors (Lipinski definition) is 7. The van der Waals surface area contributed by atoms with Crippen LogP contribution in [0.1, 0.15) is 18.4 Å². The van der Waals surface area contributed by atoms with Gasteiger partial charge in [0.05, 0.1) is 5.25 Å². The first-order valence-corrected chi connectivity index (χ1v) is 8.91. The van der Waals surface area contributed by atoms with Crippen molar-refractivity contribution < 1.29 is 8.42 Å². The highest BCUT2D eigenvalue weighted by atomic mass is 32.2. The molecule has 1 fully saturated rings. The van der Waals surface area contributed by atoms with Crippen molar-refractivity contribution >= 4 is 32.2 Å². The van der Waals surface area contributed by atoms with Crippen molar-refractivity contribution in [3.8, 4) is 0 Å². The summed E-state index contributed by atoms with van der Waals surface area (Å²) in [5, 5.41) is 0.310. The number of hydrogen-bond donors (Lipinski definition) is 1. The number of nitrogens with two attached hydrogens (primary N) is 1. The average Bonchev–Trinajstić information content (AvgIpc) is 3.23. The van der Waals surface area contributed by atoms with E-state index in [0.29, 0.717) is 24.4 Å². The summed E-state index contributed by atoms with van der Waals surface area (Å²) in [6.07, 6.45) is 4.89. The van der Waals surface area contributed by atoms with E-state index >= 15 is 0 Å². The monoisotopic (exact) mass is 324 g/mol. The van der Waals surface area contributed by atoms with Crippen LogP contribution in [0, 0.1) is 0 Å². The predicted octanol–water partition coefficient (Wildman–Crippen LogP) is 1.69. The fourth-order valence-electron chi connectivity index (χ4n) is 2.18. The van der Waals surface area contributed by atoms with E-state index in [9.17, 15) is 8.42 Å². The van der Waals surface area contributed by atoms with Crippen LogP contribution in [0.25, 0.3) is 0 Å². The number of aromatic nitrogens is 2. The molecule has 8 heteroatoms. The van der Waals surface area contributed by atoms with Gasteiger partial charge in [0.15, 0.2) is 15.7 Å². The topological polar surface area (TPSA) is 89.2 Å². The maximum atomic E-state index is 12.5. The van der Waals surface area contributed by atoms with E-state index in [0.717, 1.165) is 17.1 Å². The standard InChI is InChI=1S/C13H16N4O2S2/c1-17(8-9-3-2-6-15-7-9)13-11(12(14)16-20-13)21(18,19)10-4-5-10/h2-3,6-7,10H,4-5,8H2,1H3,(H2,14,16). The second-order valence-electron chi connectivity index (χ2n) is 5.16. The fraction of sp³-hybridized carbons (Fsp3) is 0.385. The van der Waals surface area contributed by atoms with Gasteiger partial charge < -0.3 is 10.6 Å². The Hall–Kier alpha value is -1.67. The van der Waals surface area contributed by atoms with Crippen LogP contribution in [-0.4, -0.2) is 30.1 Å². The minimum absolute atomic E-state index is 0.111. The molecule has 112 valence electrons. The molecule has 1 aliphatic rings. The number of nitrogens with zero attached hydrogens (tertiary/aromatic N) is 3. The second-order valence-corrected chi connectivity index (χ2v) is 8.08. The van der Waals surface area contributed by atoms with Crippen LogP contribution in [0.2, 0.25) is 0 Å². The summed E-state index contributed by atoms with van der Waals surface area (Å²) in [6, 6.07) is 3.80. The van der Waals surface area contributed by atoms with Crippen molar-refractivity contribution in [2.24, 2.45) is 0 Å². The largest absolute Gasteiger partial charge is 0.382 e. The van der Waals surface area contributed by atoms with E-state index in [4.69, 9.17) is 5.73 Å². The highest BCUT2D eigenvalue weighted by molar-refractivity contribution is 7.92. The molecule has 0 amide bonds. The smallest absolute Gasteiger partial charge is 0.187 e. The molecule has 2 aromatic rings. The number of nitrogen functional groups attached to an aromatic ring is 1. The van der Waals surface area contributed by atoms with Crippen LogP contribution in [0.3, 0.4) is 0 Å². The van der Waals surface area contributed by atoms with Gasteiger partial charge >= 0.3 is 0 Å². The summed E-state index contributed by atoms with van der Waals surface area (Å²) in [4.78, 5) is 6.12. The minimum Gasteiger partial charge on any atom is -0.382 e. The van der Waals surface area contributed by atoms with E-state index in [-0.39, 0.29) is 16.0 Å². The lowest BCUT2D eigenvalue weighted by Gasteiger charge is -2.18. The summed E-state index contributed by atoms with van der Waals surface area (Å²) in [6.45, 7) is 0.558. The third-order valence-corrected chi connectivity index (χ3v) is 6.82. The Morgan fingerprint density at radius 3 is 2.86 bits per heavy atom. The van der Waals surface area contributed by atoms with Crippen LogP contribution in [0.5, 0.6) is 0 Å². The molecule has 0 saturated heterocycles. The zero-order valence-electron chi connectivity index (χ0n) is 11.6. The molecular weight excluding hydrogens is 308 g/mol. The third kappa shape index (κ3) is 2.73. The molecule has 3 rings (SSSR count). The Bertz CT molecular complexity index is 739. The van der Waals surface area contributed by atoms with Gasteiger partial charge in [-0.3, -0.25) is 4.98 Å². The lowest BCUT2D eigenvalue weighted by Crippen LogP contribution is -2.19. The van der Waals surface area contributed by atoms with E-state index in [2.05, 4.69) is 9.36 Å². The van der Waals surface area contributed by atoms with Gasteiger partial charge in [0.25, 0.3) is 0 Å². The van der Waals surface area contributed by atoms with Crippen molar-refractivity contribution in [2.45, 2.75) is 29.5 Å². The molecule has 0 atom stereocenters. The number of anilines is 2. The summed E-state index contributed by atoms with van der Waals surface area (Å²) in [5.74, 6) is 0.111. The van der Waals surface area contributed by atoms with Gasteiger partial charge in [0.1, 0.15) is 9.90 Å². The molecule has 0 spiro atoms. The van der Waals surface area contributed by atoms with Gasteiger partial charge in [-0.05, 0) is 36.0 Å².